The molecule has 4 aromatic rings. The third-order valence-corrected chi connectivity index (χ3v) is 5.92. The molecule has 4 rings (SSSR count). The van der Waals surface area contributed by atoms with E-state index in [-0.39, 0.29) is 5.91 Å². The normalized spacial score (nSPS) is 10.7. The molecule has 0 atom stereocenters. The highest BCUT2D eigenvalue weighted by atomic mass is 32.2. The molecule has 1 amide bonds. The van der Waals surface area contributed by atoms with Crippen LogP contribution in [0.15, 0.2) is 96.3 Å². The topological polar surface area (TPSA) is 46.9 Å². The molecule has 5 heteroatoms. The van der Waals surface area contributed by atoms with E-state index in [1.54, 1.807) is 0 Å². The molecule has 0 unspecified atom stereocenters. The fourth-order valence-corrected chi connectivity index (χ4v) is 4.10. The van der Waals surface area contributed by atoms with Crippen molar-refractivity contribution < 1.29 is 4.79 Å². The van der Waals surface area contributed by atoms with Crippen molar-refractivity contribution in [2.45, 2.75) is 18.5 Å². The van der Waals surface area contributed by atoms with Crippen LogP contribution in [0.3, 0.4) is 0 Å². The standard InChI is InChI=1S/C26H25N3OS/c1-20-12-14-23(15-13-20)29-18-24(22-10-6-3-7-11-22)28-26(29)31-19-25(30)27-17-16-21-8-4-2-5-9-21/h2-15,18H,16-17,19H2,1H3,(H,27,30). The maximum atomic E-state index is 12.4. The average molecular weight is 428 g/mol. The first-order chi connectivity index (χ1) is 15.2. The molecule has 0 saturated heterocycles. The minimum absolute atomic E-state index is 0.0145. The molecule has 0 spiro atoms. The van der Waals surface area contributed by atoms with Crippen LogP contribution in [0.1, 0.15) is 11.1 Å². The van der Waals surface area contributed by atoms with Gasteiger partial charge in [0.15, 0.2) is 5.16 Å². The third kappa shape index (κ3) is 5.64. The van der Waals surface area contributed by atoms with Gasteiger partial charge in [0, 0.05) is 24.0 Å². The van der Waals surface area contributed by atoms with Crippen LogP contribution in [0.25, 0.3) is 16.9 Å². The molecule has 156 valence electrons. The van der Waals surface area contributed by atoms with Crippen LogP contribution in [0.5, 0.6) is 0 Å². The summed E-state index contributed by atoms with van der Waals surface area (Å²) in [6.07, 6.45) is 2.86. The van der Waals surface area contributed by atoms with Crippen LogP contribution in [0, 0.1) is 6.92 Å². The largest absolute Gasteiger partial charge is 0.355 e. The number of carbonyl (C=O) groups is 1. The molecule has 1 aromatic heterocycles. The molecule has 0 aliphatic rings. The number of imidazole rings is 1. The van der Waals surface area contributed by atoms with Crippen molar-refractivity contribution in [3.05, 3.63) is 102 Å². The van der Waals surface area contributed by atoms with E-state index in [1.165, 1.54) is 22.9 Å². The highest BCUT2D eigenvalue weighted by molar-refractivity contribution is 7.99. The maximum Gasteiger partial charge on any atom is 0.230 e. The molecule has 0 aliphatic heterocycles. The Morgan fingerprint density at radius 2 is 1.61 bits per heavy atom. The SMILES string of the molecule is Cc1ccc(-n2cc(-c3ccccc3)nc2SCC(=O)NCCc2ccccc2)cc1. The number of nitrogens with one attached hydrogen (secondary N) is 1. The van der Waals surface area contributed by atoms with Gasteiger partial charge in [0.05, 0.1) is 11.4 Å². The summed E-state index contributed by atoms with van der Waals surface area (Å²) < 4.78 is 2.06. The molecular weight excluding hydrogens is 402 g/mol. The summed E-state index contributed by atoms with van der Waals surface area (Å²) >= 11 is 1.46. The first-order valence-corrected chi connectivity index (χ1v) is 11.3. The Hall–Kier alpha value is -3.31. The van der Waals surface area contributed by atoms with Gasteiger partial charge in [-0.2, -0.15) is 0 Å². The first-order valence-electron chi connectivity index (χ1n) is 10.3. The number of hydrogen-bond donors (Lipinski definition) is 1. The number of nitrogens with zero attached hydrogens (tertiary/aromatic N) is 2. The summed E-state index contributed by atoms with van der Waals surface area (Å²) in [5.41, 5.74) is 5.42. The van der Waals surface area contributed by atoms with E-state index >= 15 is 0 Å². The van der Waals surface area contributed by atoms with Crippen LogP contribution in [-0.2, 0) is 11.2 Å². The second kappa shape index (κ2) is 10.1. The van der Waals surface area contributed by atoms with Gasteiger partial charge in [0.2, 0.25) is 5.91 Å². The summed E-state index contributed by atoms with van der Waals surface area (Å²) in [4.78, 5) is 17.2. The van der Waals surface area contributed by atoms with E-state index in [0.29, 0.717) is 12.3 Å². The first kappa shape index (κ1) is 20.9. The minimum Gasteiger partial charge on any atom is -0.355 e. The summed E-state index contributed by atoms with van der Waals surface area (Å²) in [6.45, 7) is 2.70. The van der Waals surface area contributed by atoms with Gasteiger partial charge in [-0.15, -0.1) is 0 Å². The molecule has 3 aromatic carbocycles. The van der Waals surface area contributed by atoms with Gasteiger partial charge in [-0.3, -0.25) is 9.36 Å². The van der Waals surface area contributed by atoms with E-state index in [0.717, 1.165) is 28.5 Å². The van der Waals surface area contributed by atoms with Gasteiger partial charge in [0.25, 0.3) is 0 Å². The molecule has 0 saturated carbocycles. The van der Waals surface area contributed by atoms with Crippen LogP contribution >= 0.6 is 11.8 Å². The van der Waals surface area contributed by atoms with Gasteiger partial charge < -0.3 is 5.32 Å². The summed E-state index contributed by atoms with van der Waals surface area (Å²) in [6, 6.07) is 28.6. The van der Waals surface area contributed by atoms with Gasteiger partial charge in [0.1, 0.15) is 0 Å². The molecule has 31 heavy (non-hydrogen) atoms. The van der Waals surface area contributed by atoms with Crippen molar-refractivity contribution in [2.75, 3.05) is 12.3 Å². The van der Waals surface area contributed by atoms with Crippen molar-refractivity contribution in [2.24, 2.45) is 0 Å². The van der Waals surface area contributed by atoms with Gasteiger partial charge in [-0.1, -0.05) is 90.1 Å². The fraction of sp³-hybridized carbons (Fsp3) is 0.154. The van der Waals surface area contributed by atoms with Gasteiger partial charge >= 0.3 is 0 Å². The van der Waals surface area contributed by atoms with Crippen molar-refractivity contribution in [1.29, 1.82) is 0 Å². The van der Waals surface area contributed by atoms with Crippen molar-refractivity contribution >= 4 is 17.7 Å². The zero-order valence-electron chi connectivity index (χ0n) is 17.5. The Morgan fingerprint density at radius 1 is 0.935 bits per heavy atom. The summed E-state index contributed by atoms with van der Waals surface area (Å²) in [7, 11) is 0. The summed E-state index contributed by atoms with van der Waals surface area (Å²) in [5, 5.41) is 3.82. The van der Waals surface area contributed by atoms with Crippen LogP contribution in [0.2, 0.25) is 0 Å². The monoisotopic (exact) mass is 427 g/mol. The van der Waals surface area contributed by atoms with Crippen LogP contribution in [-0.4, -0.2) is 27.8 Å². The maximum absolute atomic E-state index is 12.4. The van der Waals surface area contributed by atoms with Crippen LogP contribution < -0.4 is 5.32 Å². The Labute approximate surface area is 187 Å². The summed E-state index contributed by atoms with van der Waals surface area (Å²) in [5.74, 6) is 0.340. The lowest BCUT2D eigenvalue weighted by atomic mass is 10.1. The number of hydrogen-bond acceptors (Lipinski definition) is 3. The Kier molecular flexibility index (Phi) is 6.85. The predicted octanol–water partition coefficient (Wildman–Crippen LogP) is 5.30. The van der Waals surface area contributed by atoms with E-state index in [1.807, 2.05) is 54.7 Å². The lowest BCUT2D eigenvalue weighted by Gasteiger charge is -2.08. The van der Waals surface area contributed by atoms with E-state index < -0.39 is 0 Å². The number of carbonyl (C=O) groups excluding carboxylic acids is 1. The molecule has 4 nitrogen and oxygen atoms in total. The lowest BCUT2D eigenvalue weighted by molar-refractivity contribution is -0.118. The lowest BCUT2D eigenvalue weighted by Crippen LogP contribution is -2.27. The Bertz CT molecular complexity index is 1120. The number of benzene rings is 3. The predicted molar refractivity (Wildman–Crippen MR) is 128 cm³/mol. The minimum atomic E-state index is 0.0145. The number of thioether (sulfide) groups is 1. The second-order valence-corrected chi connectivity index (χ2v) is 8.30. The molecule has 0 radical (unpaired) electrons. The van der Waals surface area contributed by atoms with Crippen molar-refractivity contribution in [3.63, 3.8) is 0 Å². The molecule has 1 N–H and O–H groups in total. The molecule has 1 heterocycles. The molecule has 0 fully saturated rings. The Balaban J connectivity index is 1.45. The zero-order valence-corrected chi connectivity index (χ0v) is 18.3. The zero-order chi connectivity index (χ0) is 21.5. The average Bonchev–Trinajstić information content (AvgIpc) is 3.24. The smallest absolute Gasteiger partial charge is 0.230 e. The molecule has 0 aliphatic carbocycles. The number of aryl methyl sites for hydroxylation is 1. The quantitative estimate of drug-likeness (QED) is 0.388. The Morgan fingerprint density at radius 3 is 2.32 bits per heavy atom. The second-order valence-electron chi connectivity index (χ2n) is 7.35. The van der Waals surface area contributed by atoms with Gasteiger partial charge in [-0.25, -0.2) is 4.98 Å². The van der Waals surface area contributed by atoms with E-state index in [2.05, 4.69) is 53.2 Å². The number of amides is 1. The van der Waals surface area contributed by atoms with E-state index in [9.17, 15) is 4.79 Å². The van der Waals surface area contributed by atoms with Crippen LogP contribution in [0.4, 0.5) is 0 Å². The van der Waals surface area contributed by atoms with Crippen molar-refractivity contribution in [3.8, 4) is 16.9 Å². The fourth-order valence-electron chi connectivity index (χ4n) is 3.28. The van der Waals surface area contributed by atoms with E-state index in [4.69, 9.17) is 4.98 Å². The molecule has 0 bridgehead atoms. The third-order valence-electron chi connectivity index (χ3n) is 4.97. The van der Waals surface area contributed by atoms with Gasteiger partial charge in [-0.05, 0) is 31.0 Å². The number of rotatable bonds is 8. The molecular formula is C26H25N3OS. The van der Waals surface area contributed by atoms with Crippen molar-refractivity contribution in [1.82, 2.24) is 14.9 Å². The number of aromatic nitrogens is 2. The highest BCUT2D eigenvalue weighted by Crippen LogP contribution is 2.27. The highest BCUT2D eigenvalue weighted by Gasteiger charge is 2.13.